The maximum atomic E-state index is 11.4. The Morgan fingerprint density at radius 2 is 2.00 bits per heavy atom. The van der Waals surface area contributed by atoms with Gasteiger partial charge in [-0.1, -0.05) is 0 Å². The number of amides is 1. The van der Waals surface area contributed by atoms with E-state index >= 15 is 0 Å². The lowest BCUT2D eigenvalue weighted by molar-refractivity contribution is -0.140. The van der Waals surface area contributed by atoms with Gasteiger partial charge in [-0.2, -0.15) is 10.1 Å². The zero-order valence-electron chi connectivity index (χ0n) is 9.05. The average Bonchev–Trinajstić information content (AvgIpc) is 2.26. The molecule has 0 aromatic rings. The lowest BCUT2D eigenvalue weighted by atomic mass is 10.5. The first-order valence-corrected chi connectivity index (χ1v) is 4.78. The topological polar surface area (TPSA) is 65.5 Å². The van der Waals surface area contributed by atoms with Crippen LogP contribution in [0.2, 0.25) is 0 Å². The lowest BCUT2D eigenvalue weighted by Crippen LogP contribution is -2.49. The van der Waals surface area contributed by atoms with Crippen molar-refractivity contribution in [1.29, 1.82) is 0 Å². The Morgan fingerprint density at radius 3 is 2.47 bits per heavy atom. The number of likely N-dealkylation sites (N-methyl/N-ethyl adjacent to an activating group) is 1. The summed E-state index contributed by atoms with van der Waals surface area (Å²) in [5.41, 5.74) is 0. The van der Waals surface area contributed by atoms with E-state index in [9.17, 15) is 9.70 Å². The predicted molar refractivity (Wildman–Crippen MR) is 53.6 cm³/mol. The number of hydrogen-bond acceptors (Lipinski definition) is 5. The van der Waals surface area contributed by atoms with Crippen molar-refractivity contribution < 1.29 is 9.53 Å². The molecule has 1 fully saturated rings. The number of carbonyl (C=O) groups is 1. The fourth-order valence-corrected chi connectivity index (χ4v) is 1.23. The van der Waals surface area contributed by atoms with Gasteiger partial charge in [-0.05, 0) is 0 Å². The van der Waals surface area contributed by atoms with Crippen LogP contribution in [0.1, 0.15) is 0 Å². The highest BCUT2D eigenvalue weighted by Crippen LogP contribution is 2.03. The largest absolute Gasteiger partial charge is 0.379 e. The van der Waals surface area contributed by atoms with E-state index in [1.165, 1.54) is 4.90 Å². The molecule has 0 aromatic heterocycles. The van der Waals surface area contributed by atoms with Crippen LogP contribution in [0, 0.1) is 4.91 Å². The predicted octanol–water partition coefficient (Wildman–Crippen LogP) is -0.695. The Balaban J connectivity index is 2.47. The van der Waals surface area contributed by atoms with Crippen molar-refractivity contribution in [2.75, 3.05) is 46.9 Å². The van der Waals surface area contributed by atoms with Crippen LogP contribution in [0.3, 0.4) is 0 Å². The lowest BCUT2D eigenvalue weighted by Gasteiger charge is -2.32. The van der Waals surface area contributed by atoms with E-state index in [-0.39, 0.29) is 12.5 Å². The van der Waals surface area contributed by atoms with Crippen LogP contribution in [-0.4, -0.2) is 67.9 Å². The number of nitroso groups, excluding NO2 is 1. The van der Waals surface area contributed by atoms with Crippen molar-refractivity contribution in [3.63, 3.8) is 0 Å². The van der Waals surface area contributed by atoms with E-state index in [1.54, 1.807) is 19.1 Å². The van der Waals surface area contributed by atoms with E-state index in [2.05, 4.69) is 5.29 Å². The van der Waals surface area contributed by atoms with Crippen molar-refractivity contribution in [3.8, 4) is 0 Å². The molecule has 1 aliphatic heterocycles. The molecule has 1 saturated heterocycles. The molecule has 1 aliphatic rings. The Hall–Kier alpha value is -1.21. The highest BCUT2D eigenvalue weighted by Gasteiger charge is 2.21. The van der Waals surface area contributed by atoms with Gasteiger partial charge in [0.2, 0.25) is 5.91 Å². The normalized spacial score (nSPS) is 17.2. The molecule has 0 spiro atoms. The van der Waals surface area contributed by atoms with Crippen LogP contribution in [0.5, 0.6) is 0 Å². The summed E-state index contributed by atoms with van der Waals surface area (Å²) in [5.74, 6) is -0.152. The highest BCUT2D eigenvalue weighted by atomic mass is 16.5. The van der Waals surface area contributed by atoms with Crippen molar-refractivity contribution in [2.45, 2.75) is 0 Å². The summed E-state index contributed by atoms with van der Waals surface area (Å²) in [4.78, 5) is 23.4. The first kappa shape index (κ1) is 11.9. The average molecular weight is 216 g/mol. The number of ether oxygens (including phenoxy) is 1. The molecular formula is C8H16N4O3. The third-order valence-electron chi connectivity index (χ3n) is 2.18. The second-order valence-electron chi connectivity index (χ2n) is 3.47. The van der Waals surface area contributed by atoms with Crippen LogP contribution >= 0.6 is 0 Å². The van der Waals surface area contributed by atoms with E-state index in [4.69, 9.17) is 4.74 Å². The summed E-state index contributed by atoms with van der Waals surface area (Å²) in [6, 6.07) is 0. The molecule has 0 N–H and O–H groups in total. The Morgan fingerprint density at radius 1 is 1.40 bits per heavy atom. The molecule has 0 aliphatic carbocycles. The summed E-state index contributed by atoms with van der Waals surface area (Å²) in [6.07, 6.45) is 0. The molecule has 15 heavy (non-hydrogen) atoms. The minimum absolute atomic E-state index is 0.0174. The molecule has 1 rings (SSSR count). The zero-order chi connectivity index (χ0) is 11.3. The molecule has 0 unspecified atom stereocenters. The molecule has 86 valence electrons. The molecule has 0 atom stereocenters. The SMILES string of the molecule is CN(C)C(=O)CN(N=O)N1CCOCC1. The van der Waals surface area contributed by atoms with Crippen LogP contribution in [0.4, 0.5) is 0 Å². The van der Waals surface area contributed by atoms with Crippen LogP contribution in [-0.2, 0) is 9.53 Å². The minimum Gasteiger partial charge on any atom is -0.379 e. The molecule has 0 radical (unpaired) electrons. The molecule has 0 aromatic carbocycles. The second-order valence-corrected chi connectivity index (χ2v) is 3.47. The second kappa shape index (κ2) is 5.62. The number of hydrogen-bond donors (Lipinski definition) is 0. The summed E-state index contributed by atoms with van der Waals surface area (Å²) < 4.78 is 5.14. The fourth-order valence-electron chi connectivity index (χ4n) is 1.23. The fraction of sp³-hybridized carbons (Fsp3) is 0.875. The summed E-state index contributed by atoms with van der Waals surface area (Å²) in [7, 11) is 3.29. The third kappa shape index (κ3) is 3.45. The quantitative estimate of drug-likeness (QED) is 0.459. The van der Waals surface area contributed by atoms with E-state index in [1.807, 2.05) is 0 Å². The van der Waals surface area contributed by atoms with E-state index in [0.29, 0.717) is 26.3 Å². The van der Waals surface area contributed by atoms with Gasteiger partial charge >= 0.3 is 0 Å². The number of rotatable bonds is 4. The van der Waals surface area contributed by atoms with Crippen LogP contribution in [0.25, 0.3) is 0 Å². The third-order valence-corrected chi connectivity index (χ3v) is 2.18. The summed E-state index contributed by atoms with van der Waals surface area (Å²) in [5, 5.41) is 5.72. The Labute approximate surface area is 88.5 Å². The first-order chi connectivity index (χ1) is 7.15. The van der Waals surface area contributed by atoms with Gasteiger partial charge in [0.25, 0.3) is 0 Å². The van der Waals surface area contributed by atoms with Gasteiger partial charge in [0, 0.05) is 27.2 Å². The van der Waals surface area contributed by atoms with Gasteiger partial charge in [-0.15, -0.1) is 4.91 Å². The molecular weight excluding hydrogens is 200 g/mol. The number of carbonyl (C=O) groups excluding carboxylic acids is 1. The van der Waals surface area contributed by atoms with Crippen LogP contribution in [0.15, 0.2) is 5.29 Å². The van der Waals surface area contributed by atoms with Crippen molar-refractivity contribution in [2.24, 2.45) is 5.29 Å². The monoisotopic (exact) mass is 216 g/mol. The highest BCUT2D eigenvalue weighted by molar-refractivity contribution is 5.77. The smallest absolute Gasteiger partial charge is 0.245 e. The maximum absolute atomic E-state index is 11.4. The van der Waals surface area contributed by atoms with E-state index < -0.39 is 0 Å². The van der Waals surface area contributed by atoms with Gasteiger partial charge in [0.15, 0.2) is 0 Å². The Bertz CT molecular complexity index is 228. The molecule has 7 heteroatoms. The molecule has 7 nitrogen and oxygen atoms in total. The molecule has 0 bridgehead atoms. The van der Waals surface area contributed by atoms with Crippen LogP contribution < -0.4 is 0 Å². The maximum Gasteiger partial charge on any atom is 0.245 e. The Kier molecular flexibility index (Phi) is 4.44. The van der Waals surface area contributed by atoms with E-state index in [0.717, 1.165) is 5.12 Å². The summed E-state index contributed by atoms with van der Waals surface area (Å²) >= 11 is 0. The van der Waals surface area contributed by atoms with Gasteiger partial charge in [0.1, 0.15) is 6.54 Å². The standard InChI is InChI=1S/C8H16N4O3/c1-10(2)8(13)7-12(9-14)11-3-5-15-6-4-11/h3-7H2,1-2H3. The van der Waals surface area contributed by atoms with Crippen molar-refractivity contribution in [3.05, 3.63) is 4.91 Å². The van der Waals surface area contributed by atoms with Gasteiger partial charge in [0.05, 0.1) is 18.5 Å². The van der Waals surface area contributed by atoms with Crippen molar-refractivity contribution >= 4 is 5.91 Å². The number of nitrogens with zero attached hydrogens (tertiary/aromatic N) is 4. The van der Waals surface area contributed by atoms with Gasteiger partial charge < -0.3 is 9.64 Å². The molecule has 0 saturated carbocycles. The van der Waals surface area contributed by atoms with Crippen molar-refractivity contribution in [1.82, 2.24) is 15.0 Å². The van der Waals surface area contributed by atoms with Gasteiger partial charge in [-0.3, -0.25) is 4.79 Å². The first-order valence-electron chi connectivity index (χ1n) is 4.78. The van der Waals surface area contributed by atoms with Gasteiger partial charge in [-0.25, -0.2) is 0 Å². The minimum atomic E-state index is -0.152. The molecule has 1 amide bonds. The number of morpholine rings is 1. The number of hydrazine groups is 1. The summed E-state index contributed by atoms with van der Waals surface area (Å²) in [6.45, 7) is 2.28. The zero-order valence-corrected chi connectivity index (χ0v) is 9.05. The molecule has 1 heterocycles.